The van der Waals surface area contributed by atoms with Crippen molar-refractivity contribution in [2.24, 2.45) is 0 Å². The van der Waals surface area contributed by atoms with E-state index in [0.717, 1.165) is 25.2 Å². The van der Waals surface area contributed by atoms with E-state index in [1.807, 2.05) is 24.3 Å². The minimum atomic E-state index is -0.0996. The highest BCUT2D eigenvalue weighted by molar-refractivity contribution is 6.31. The Hall–Kier alpha value is -2.28. The number of halogens is 1. The van der Waals surface area contributed by atoms with Crippen LogP contribution in [0.1, 0.15) is 11.6 Å². The third-order valence-electron chi connectivity index (χ3n) is 4.65. The van der Waals surface area contributed by atoms with Crippen molar-refractivity contribution in [3.8, 4) is 11.5 Å². The van der Waals surface area contributed by atoms with Crippen molar-refractivity contribution in [2.75, 3.05) is 45.7 Å². The van der Waals surface area contributed by atoms with Gasteiger partial charge in [-0.15, -0.1) is 0 Å². The Morgan fingerprint density at radius 2 is 2.07 bits per heavy atom. The second-order valence-electron chi connectivity index (χ2n) is 6.33. The molecule has 6 nitrogen and oxygen atoms in total. The minimum absolute atomic E-state index is 0.0518. The highest BCUT2D eigenvalue weighted by atomic mass is 35.5. The largest absolute Gasteiger partial charge is 0.497 e. The Balaban J connectivity index is 1.71. The quantitative estimate of drug-likeness (QED) is 0.795. The molecule has 1 aliphatic heterocycles. The van der Waals surface area contributed by atoms with Gasteiger partial charge < -0.3 is 20.1 Å². The number of rotatable bonds is 6. The molecule has 1 unspecified atom stereocenters. The SMILES string of the molecule is COc1ccc(NC(=O)CN2CCNCC2c2ccccc2Cl)c(OC)c1. The maximum absolute atomic E-state index is 12.7. The molecule has 144 valence electrons. The van der Waals surface area contributed by atoms with Gasteiger partial charge >= 0.3 is 0 Å². The van der Waals surface area contributed by atoms with Crippen LogP contribution in [-0.2, 0) is 4.79 Å². The molecule has 0 saturated carbocycles. The van der Waals surface area contributed by atoms with Crippen molar-refractivity contribution >= 4 is 23.2 Å². The van der Waals surface area contributed by atoms with Crippen LogP contribution in [0.25, 0.3) is 0 Å². The zero-order valence-corrected chi connectivity index (χ0v) is 16.3. The van der Waals surface area contributed by atoms with Gasteiger partial charge in [0.25, 0.3) is 0 Å². The summed E-state index contributed by atoms with van der Waals surface area (Å²) in [6.07, 6.45) is 0. The maximum Gasteiger partial charge on any atom is 0.238 e. The van der Waals surface area contributed by atoms with Crippen LogP contribution in [0.15, 0.2) is 42.5 Å². The molecule has 1 atom stereocenters. The maximum atomic E-state index is 12.7. The van der Waals surface area contributed by atoms with Gasteiger partial charge in [0.15, 0.2) is 0 Å². The van der Waals surface area contributed by atoms with Crippen LogP contribution in [0, 0.1) is 0 Å². The number of methoxy groups -OCH3 is 2. The molecular weight excluding hydrogens is 366 g/mol. The normalized spacial score (nSPS) is 17.4. The van der Waals surface area contributed by atoms with Gasteiger partial charge in [0.2, 0.25) is 5.91 Å². The second kappa shape index (κ2) is 9.08. The van der Waals surface area contributed by atoms with Gasteiger partial charge in [0.1, 0.15) is 11.5 Å². The summed E-state index contributed by atoms with van der Waals surface area (Å²) >= 11 is 6.37. The van der Waals surface area contributed by atoms with E-state index in [2.05, 4.69) is 15.5 Å². The van der Waals surface area contributed by atoms with Crippen molar-refractivity contribution < 1.29 is 14.3 Å². The molecule has 0 aliphatic carbocycles. The van der Waals surface area contributed by atoms with E-state index in [1.54, 1.807) is 32.4 Å². The van der Waals surface area contributed by atoms with Gasteiger partial charge in [-0.3, -0.25) is 9.69 Å². The molecule has 2 aromatic carbocycles. The van der Waals surface area contributed by atoms with Gasteiger partial charge in [-0.25, -0.2) is 0 Å². The molecule has 7 heteroatoms. The molecule has 2 N–H and O–H groups in total. The number of hydrogen-bond acceptors (Lipinski definition) is 5. The molecule has 0 aromatic heterocycles. The number of nitrogens with zero attached hydrogens (tertiary/aromatic N) is 1. The fourth-order valence-electron chi connectivity index (χ4n) is 3.26. The monoisotopic (exact) mass is 389 g/mol. The van der Waals surface area contributed by atoms with E-state index >= 15 is 0 Å². The van der Waals surface area contributed by atoms with Gasteiger partial charge in [0, 0.05) is 36.8 Å². The first-order valence-electron chi connectivity index (χ1n) is 8.83. The van der Waals surface area contributed by atoms with Crippen molar-refractivity contribution in [3.05, 3.63) is 53.1 Å². The third kappa shape index (κ3) is 4.71. The van der Waals surface area contributed by atoms with Crippen LogP contribution in [0.5, 0.6) is 11.5 Å². The van der Waals surface area contributed by atoms with E-state index in [-0.39, 0.29) is 18.5 Å². The molecule has 1 aliphatic rings. The number of carbonyl (C=O) groups is 1. The summed E-state index contributed by atoms with van der Waals surface area (Å²) in [5.74, 6) is 1.13. The summed E-state index contributed by atoms with van der Waals surface area (Å²) in [5, 5.41) is 7.03. The van der Waals surface area contributed by atoms with Crippen LogP contribution < -0.4 is 20.1 Å². The fourth-order valence-corrected chi connectivity index (χ4v) is 3.53. The Kier molecular flexibility index (Phi) is 6.55. The van der Waals surface area contributed by atoms with Crippen molar-refractivity contribution in [2.45, 2.75) is 6.04 Å². The van der Waals surface area contributed by atoms with Gasteiger partial charge in [-0.2, -0.15) is 0 Å². The van der Waals surface area contributed by atoms with E-state index in [1.165, 1.54) is 0 Å². The van der Waals surface area contributed by atoms with Gasteiger partial charge in [-0.1, -0.05) is 29.8 Å². The predicted molar refractivity (Wildman–Crippen MR) is 107 cm³/mol. The van der Waals surface area contributed by atoms with Crippen molar-refractivity contribution in [3.63, 3.8) is 0 Å². The zero-order valence-electron chi connectivity index (χ0n) is 15.5. The highest BCUT2D eigenvalue weighted by Gasteiger charge is 2.27. The Labute approximate surface area is 164 Å². The number of piperazine rings is 1. The Morgan fingerprint density at radius 1 is 1.26 bits per heavy atom. The number of carbonyl (C=O) groups excluding carboxylic acids is 1. The Morgan fingerprint density at radius 3 is 2.81 bits per heavy atom. The highest BCUT2D eigenvalue weighted by Crippen LogP contribution is 2.30. The molecule has 1 saturated heterocycles. The average molecular weight is 390 g/mol. The standard InChI is InChI=1S/C20H24ClN3O3/c1-26-14-7-8-17(19(11-14)27-2)23-20(25)13-24-10-9-22-12-18(24)15-5-3-4-6-16(15)21/h3-8,11,18,22H,9-10,12-13H2,1-2H3,(H,23,25). The molecule has 1 fully saturated rings. The van der Waals surface area contributed by atoms with Crippen molar-refractivity contribution in [1.29, 1.82) is 0 Å². The summed E-state index contributed by atoms with van der Waals surface area (Å²) in [6.45, 7) is 2.62. The van der Waals surface area contributed by atoms with E-state index in [9.17, 15) is 4.79 Å². The topological polar surface area (TPSA) is 62.8 Å². The Bertz CT molecular complexity index is 800. The summed E-state index contributed by atoms with van der Waals surface area (Å²) in [6, 6.07) is 13.1. The molecule has 0 spiro atoms. The predicted octanol–water partition coefficient (Wildman–Crippen LogP) is 2.94. The first-order chi connectivity index (χ1) is 13.1. The second-order valence-corrected chi connectivity index (χ2v) is 6.73. The molecule has 3 rings (SSSR count). The summed E-state index contributed by atoms with van der Waals surface area (Å²) in [4.78, 5) is 14.8. The molecule has 0 bridgehead atoms. The van der Waals surface area contributed by atoms with Crippen LogP contribution >= 0.6 is 11.6 Å². The minimum Gasteiger partial charge on any atom is -0.497 e. The molecule has 27 heavy (non-hydrogen) atoms. The van der Waals surface area contributed by atoms with Crippen LogP contribution in [0.4, 0.5) is 5.69 Å². The number of amides is 1. The lowest BCUT2D eigenvalue weighted by atomic mass is 10.0. The first kappa shape index (κ1) is 19.5. The smallest absolute Gasteiger partial charge is 0.238 e. The number of ether oxygens (including phenoxy) is 2. The lowest BCUT2D eigenvalue weighted by molar-refractivity contribution is -0.118. The van der Waals surface area contributed by atoms with Crippen LogP contribution in [0.2, 0.25) is 5.02 Å². The molecular formula is C20H24ClN3O3. The summed E-state index contributed by atoms with van der Waals surface area (Å²) in [5.41, 5.74) is 1.65. The third-order valence-corrected chi connectivity index (χ3v) is 4.99. The van der Waals surface area contributed by atoms with Crippen molar-refractivity contribution in [1.82, 2.24) is 10.2 Å². The molecule has 0 radical (unpaired) electrons. The van der Waals surface area contributed by atoms with E-state index in [0.29, 0.717) is 22.2 Å². The zero-order chi connectivity index (χ0) is 19.2. The molecule has 1 heterocycles. The lowest BCUT2D eigenvalue weighted by Gasteiger charge is -2.36. The number of benzene rings is 2. The summed E-state index contributed by atoms with van der Waals surface area (Å²) in [7, 11) is 3.15. The van der Waals surface area contributed by atoms with Gasteiger partial charge in [0.05, 0.1) is 26.5 Å². The first-order valence-corrected chi connectivity index (χ1v) is 9.21. The fraction of sp³-hybridized carbons (Fsp3) is 0.350. The average Bonchev–Trinajstić information content (AvgIpc) is 2.69. The molecule has 2 aromatic rings. The lowest BCUT2D eigenvalue weighted by Crippen LogP contribution is -2.48. The summed E-state index contributed by atoms with van der Waals surface area (Å²) < 4.78 is 10.5. The number of anilines is 1. The molecule has 1 amide bonds. The van der Waals surface area contributed by atoms with Crippen LogP contribution in [0.3, 0.4) is 0 Å². The van der Waals surface area contributed by atoms with E-state index < -0.39 is 0 Å². The van der Waals surface area contributed by atoms with Gasteiger partial charge in [-0.05, 0) is 23.8 Å². The van der Waals surface area contributed by atoms with E-state index in [4.69, 9.17) is 21.1 Å². The van der Waals surface area contributed by atoms with Crippen LogP contribution in [-0.4, -0.2) is 51.2 Å². The number of hydrogen-bond donors (Lipinski definition) is 2. The number of nitrogens with one attached hydrogen (secondary N) is 2.